The second kappa shape index (κ2) is 4.72. The molecule has 0 amide bonds. The van der Waals surface area contributed by atoms with E-state index >= 15 is 0 Å². The van der Waals surface area contributed by atoms with Gasteiger partial charge in [0.15, 0.2) is 5.88 Å². The molecule has 2 N–H and O–H groups in total. The predicted molar refractivity (Wildman–Crippen MR) is 62.6 cm³/mol. The van der Waals surface area contributed by atoms with E-state index in [0.717, 1.165) is 4.57 Å². The Bertz CT molecular complexity index is 600. The Morgan fingerprint density at radius 2 is 2.12 bits per heavy atom. The number of hydrogen-bond acceptors (Lipinski definition) is 4. The zero-order chi connectivity index (χ0) is 13.2. The van der Waals surface area contributed by atoms with Crippen LogP contribution in [0.25, 0.3) is 0 Å². The number of aromatic nitrogens is 1. The van der Waals surface area contributed by atoms with Gasteiger partial charge in [-0.25, -0.2) is 0 Å². The standard InChI is InChI=1S/C10H13NO5S/c1-3-4-11-9(12)5-7(2)8(10(11)13)6-17(14,15)16/h3,5,12H,1,4,6H2,2H3,(H,14,15,16). The lowest BCUT2D eigenvalue weighted by molar-refractivity contribution is 0.414. The molecule has 6 nitrogen and oxygen atoms in total. The molecule has 1 aromatic rings. The van der Waals surface area contributed by atoms with Crippen molar-refractivity contribution >= 4 is 10.1 Å². The van der Waals surface area contributed by atoms with E-state index < -0.39 is 21.4 Å². The highest BCUT2D eigenvalue weighted by Gasteiger charge is 2.16. The molecule has 0 atom stereocenters. The second-order valence-corrected chi connectivity index (χ2v) is 5.05. The first-order valence-corrected chi connectivity index (χ1v) is 6.35. The van der Waals surface area contributed by atoms with E-state index in [9.17, 15) is 18.3 Å². The van der Waals surface area contributed by atoms with Gasteiger partial charge in [-0.1, -0.05) is 6.08 Å². The molecular weight excluding hydrogens is 246 g/mol. The van der Waals surface area contributed by atoms with Crippen molar-refractivity contribution in [3.05, 3.63) is 40.2 Å². The minimum Gasteiger partial charge on any atom is -0.494 e. The largest absolute Gasteiger partial charge is 0.494 e. The Morgan fingerprint density at radius 1 is 1.53 bits per heavy atom. The summed E-state index contributed by atoms with van der Waals surface area (Å²) in [6.07, 6.45) is 1.40. The maximum absolute atomic E-state index is 11.9. The van der Waals surface area contributed by atoms with Gasteiger partial charge in [0, 0.05) is 18.2 Å². The molecule has 1 heterocycles. The van der Waals surface area contributed by atoms with E-state index in [1.54, 1.807) is 0 Å². The van der Waals surface area contributed by atoms with Crippen molar-refractivity contribution in [1.82, 2.24) is 4.57 Å². The quantitative estimate of drug-likeness (QED) is 0.604. The number of aromatic hydroxyl groups is 1. The van der Waals surface area contributed by atoms with E-state index in [4.69, 9.17) is 4.55 Å². The van der Waals surface area contributed by atoms with Crippen LogP contribution in [0.4, 0.5) is 0 Å². The van der Waals surface area contributed by atoms with Crippen molar-refractivity contribution in [2.45, 2.75) is 19.2 Å². The Hall–Kier alpha value is -1.60. The van der Waals surface area contributed by atoms with E-state index in [0.29, 0.717) is 5.56 Å². The van der Waals surface area contributed by atoms with Crippen LogP contribution in [0.5, 0.6) is 5.88 Å². The van der Waals surface area contributed by atoms with Crippen LogP contribution < -0.4 is 5.56 Å². The first kappa shape index (κ1) is 13.5. The zero-order valence-electron chi connectivity index (χ0n) is 9.25. The fourth-order valence-corrected chi connectivity index (χ4v) is 2.17. The predicted octanol–water partition coefficient (Wildman–Crippen LogP) is 0.436. The summed E-state index contributed by atoms with van der Waals surface area (Å²) in [6, 6.07) is 1.27. The molecule has 94 valence electrons. The third kappa shape index (κ3) is 3.18. The van der Waals surface area contributed by atoms with Gasteiger partial charge in [0.05, 0.1) is 0 Å². The maximum Gasteiger partial charge on any atom is 0.269 e. The molecule has 0 aliphatic heterocycles. The topological polar surface area (TPSA) is 96.6 Å². The number of hydrogen-bond donors (Lipinski definition) is 2. The smallest absolute Gasteiger partial charge is 0.269 e. The van der Waals surface area contributed by atoms with Gasteiger partial charge in [0.2, 0.25) is 0 Å². The average molecular weight is 259 g/mol. The van der Waals surface area contributed by atoms with Crippen molar-refractivity contribution in [2.75, 3.05) is 0 Å². The van der Waals surface area contributed by atoms with Crippen LogP contribution in [-0.4, -0.2) is 22.6 Å². The molecule has 0 aliphatic carbocycles. The molecule has 0 fully saturated rings. The van der Waals surface area contributed by atoms with Gasteiger partial charge in [-0.05, 0) is 12.5 Å². The number of allylic oxidation sites excluding steroid dienone is 1. The highest BCUT2D eigenvalue weighted by atomic mass is 32.2. The van der Waals surface area contributed by atoms with E-state index in [-0.39, 0.29) is 18.0 Å². The normalized spacial score (nSPS) is 11.4. The summed E-state index contributed by atoms with van der Waals surface area (Å²) in [5.41, 5.74) is -0.405. The van der Waals surface area contributed by atoms with E-state index in [2.05, 4.69) is 6.58 Å². The lowest BCUT2D eigenvalue weighted by Gasteiger charge is -2.10. The first-order valence-electron chi connectivity index (χ1n) is 4.74. The summed E-state index contributed by atoms with van der Waals surface area (Å²) in [5, 5.41) is 9.53. The average Bonchev–Trinajstić information content (AvgIpc) is 2.18. The molecule has 17 heavy (non-hydrogen) atoms. The fourth-order valence-electron chi connectivity index (χ4n) is 1.46. The maximum atomic E-state index is 11.9. The minimum atomic E-state index is -4.29. The van der Waals surface area contributed by atoms with Gasteiger partial charge >= 0.3 is 0 Å². The molecule has 0 saturated carbocycles. The molecule has 7 heteroatoms. The molecule has 0 radical (unpaired) electrons. The zero-order valence-corrected chi connectivity index (χ0v) is 10.1. The Kier molecular flexibility index (Phi) is 3.74. The van der Waals surface area contributed by atoms with Gasteiger partial charge in [-0.2, -0.15) is 8.42 Å². The summed E-state index contributed by atoms with van der Waals surface area (Å²) in [6.45, 7) is 4.97. The summed E-state index contributed by atoms with van der Waals surface area (Å²) < 4.78 is 31.3. The number of aryl methyl sites for hydroxylation is 1. The van der Waals surface area contributed by atoms with Gasteiger partial charge in [0.25, 0.3) is 15.7 Å². The van der Waals surface area contributed by atoms with Crippen LogP contribution in [0.1, 0.15) is 11.1 Å². The molecule has 1 rings (SSSR count). The summed E-state index contributed by atoms with van der Waals surface area (Å²) in [4.78, 5) is 11.9. The lowest BCUT2D eigenvalue weighted by atomic mass is 10.2. The van der Waals surface area contributed by atoms with Crippen LogP contribution in [0.15, 0.2) is 23.5 Å². The SMILES string of the molecule is C=CCn1c(O)cc(C)c(CS(=O)(=O)O)c1=O. The van der Waals surface area contributed by atoms with Crippen molar-refractivity contribution in [1.29, 1.82) is 0 Å². The molecule has 0 bridgehead atoms. The van der Waals surface area contributed by atoms with E-state index in [1.165, 1.54) is 19.1 Å². The van der Waals surface area contributed by atoms with Gasteiger partial charge in [-0.3, -0.25) is 13.9 Å². The number of pyridine rings is 1. The second-order valence-electron chi connectivity index (χ2n) is 3.59. The summed E-state index contributed by atoms with van der Waals surface area (Å²) in [7, 11) is -4.29. The van der Waals surface area contributed by atoms with Crippen molar-refractivity contribution in [3.63, 3.8) is 0 Å². The fraction of sp³-hybridized carbons (Fsp3) is 0.300. The van der Waals surface area contributed by atoms with E-state index in [1.807, 2.05) is 0 Å². The Labute approximate surface area is 98.6 Å². The monoisotopic (exact) mass is 259 g/mol. The molecule has 1 aromatic heterocycles. The molecule has 0 aliphatic rings. The Morgan fingerprint density at radius 3 is 2.59 bits per heavy atom. The number of nitrogens with zero attached hydrogens (tertiary/aromatic N) is 1. The van der Waals surface area contributed by atoms with Gasteiger partial charge in [0.1, 0.15) is 5.75 Å². The molecule has 0 spiro atoms. The highest BCUT2D eigenvalue weighted by Crippen LogP contribution is 2.14. The molecular formula is C10H13NO5S. The number of rotatable bonds is 4. The van der Waals surface area contributed by atoms with Crippen LogP contribution in [0.2, 0.25) is 0 Å². The summed E-state index contributed by atoms with van der Waals surface area (Å²) in [5.74, 6) is -1.04. The molecule has 0 saturated heterocycles. The molecule has 0 aromatic carbocycles. The first-order chi connectivity index (χ1) is 7.76. The third-order valence-corrected chi connectivity index (χ3v) is 2.89. The summed E-state index contributed by atoms with van der Waals surface area (Å²) >= 11 is 0. The van der Waals surface area contributed by atoms with Crippen LogP contribution in [-0.2, 0) is 22.4 Å². The Balaban J connectivity index is 3.46. The van der Waals surface area contributed by atoms with Crippen molar-refractivity contribution in [2.24, 2.45) is 0 Å². The van der Waals surface area contributed by atoms with Gasteiger partial charge < -0.3 is 5.11 Å². The van der Waals surface area contributed by atoms with Crippen molar-refractivity contribution < 1.29 is 18.1 Å². The van der Waals surface area contributed by atoms with Gasteiger partial charge in [-0.15, -0.1) is 6.58 Å². The highest BCUT2D eigenvalue weighted by molar-refractivity contribution is 7.85. The van der Waals surface area contributed by atoms with Crippen LogP contribution >= 0.6 is 0 Å². The lowest BCUT2D eigenvalue weighted by Crippen LogP contribution is -2.26. The third-order valence-electron chi connectivity index (χ3n) is 2.24. The molecule has 0 unspecified atom stereocenters. The van der Waals surface area contributed by atoms with Crippen molar-refractivity contribution in [3.8, 4) is 5.88 Å². The minimum absolute atomic E-state index is 0.0590. The van der Waals surface area contributed by atoms with Crippen LogP contribution in [0.3, 0.4) is 0 Å². The van der Waals surface area contributed by atoms with Crippen LogP contribution in [0, 0.1) is 6.92 Å².